The van der Waals surface area contributed by atoms with E-state index in [0.717, 1.165) is 32.3 Å². The summed E-state index contributed by atoms with van der Waals surface area (Å²) < 4.78 is 11.3. The van der Waals surface area contributed by atoms with E-state index in [9.17, 15) is 4.79 Å². The first-order chi connectivity index (χ1) is 15.5. The summed E-state index contributed by atoms with van der Waals surface area (Å²) in [7, 11) is 0. The summed E-state index contributed by atoms with van der Waals surface area (Å²) in [5.41, 5.74) is 5.18. The van der Waals surface area contributed by atoms with Crippen LogP contribution in [0, 0.1) is 13.8 Å². The predicted molar refractivity (Wildman–Crippen MR) is 126 cm³/mol. The Hall–Kier alpha value is -3.64. The maximum absolute atomic E-state index is 10.7. The largest absolute Gasteiger partial charge is 0.486 e. The van der Waals surface area contributed by atoms with Crippen LogP contribution in [0.4, 0.5) is 0 Å². The quantitative estimate of drug-likeness (QED) is 0.353. The molecule has 32 heavy (non-hydrogen) atoms. The number of nitrogens with zero attached hydrogens (tertiary/aromatic N) is 1. The van der Waals surface area contributed by atoms with E-state index in [1.165, 1.54) is 5.56 Å². The van der Waals surface area contributed by atoms with Crippen molar-refractivity contribution in [1.29, 1.82) is 0 Å². The fraction of sp³-hybridized carbons (Fsp3) is 0.154. The van der Waals surface area contributed by atoms with Crippen LogP contribution in [0.15, 0.2) is 72.8 Å². The lowest BCUT2D eigenvalue weighted by atomic mass is 10.1. The molecule has 1 N–H and O–H groups in total. The SMILES string of the molecule is Cc1ccc(-c2sc(COc3ccc(OCC(=O)O)c(C)c3)nc2-c2ccccc2)cc1. The molecule has 0 atom stereocenters. The standard InChI is InChI=1S/C26H23NO4S/c1-17-8-10-20(11-9-17)26-25(19-6-4-3-5-7-19)27-23(32-26)15-30-21-12-13-22(18(2)14-21)31-16-24(28)29/h3-14H,15-16H2,1-2H3,(H,28,29). The molecule has 3 aromatic carbocycles. The molecule has 162 valence electrons. The highest BCUT2D eigenvalue weighted by molar-refractivity contribution is 7.15. The first kappa shape index (κ1) is 21.6. The lowest BCUT2D eigenvalue weighted by Crippen LogP contribution is -2.10. The number of aryl methyl sites for hydroxylation is 2. The van der Waals surface area contributed by atoms with Crippen molar-refractivity contribution in [2.75, 3.05) is 6.61 Å². The lowest BCUT2D eigenvalue weighted by Gasteiger charge is -2.09. The molecule has 0 unspecified atom stereocenters. The number of hydrogen-bond acceptors (Lipinski definition) is 5. The molecule has 1 aromatic heterocycles. The van der Waals surface area contributed by atoms with E-state index in [0.29, 0.717) is 18.1 Å². The number of hydrogen-bond donors (Lipinski definition) is 1. The molecule has 1 heterocycles. The maximum Gasteiger partial charge on any atom is 0.341 e. The zero-order valence-electron chi connectivity index (χ0n) is 17.9. The van der Waals surface area contributed by atoms with Crippen molar-refractivity contribution in [3.05, 3.63) is 88.9 Å². The van der Waals surface area contributed by atoms with Crippen LogP contribution in [0.3, 0.4) is 0 Å². The van der Waals surface area contributed by atoms with Gasteiger partial charge in [-0.3, -0.25) is 0 Å². The summed E-state index contributed by atoms with van der Waals surface area (Å²) in [5, 5.41) is 9.66. The van der Waals surface area contributed by atoms with E-state index in [2.05, 4.69) is 43.3 Å². The van der Waals surface area contributed by atoms with Crippen molar-refractivity contribution < 1.29 is 19.4 Å². The van der Waals surface area contributed by atoms with Gasteiger partial charge in [0.15, 0.2) is 6.61 Å². The molecule has 0 bridgehead atoms. The summed E-state index contributed by atoms with van der Waals surface area (Å²) in [6.07, 6.45) is 0. The number of aromatic nitrogens is 1. The van der Waals surface area contributed by atoms with Gasteiger partial charge in [0.25, 0.3) is 0 Å². The van der Waals surface area contributed by atoms with E-state index < -0.39 is 5.97 Å². The molecule has 0 aliphatic rings. The number of thiazole rings is 1. The molecule has 0 saturated heterocycles. The molecule has 0 amide bonds. The van der Waals surface area contributed by atoms with Gasteiger partial charge in [0.2, 0.25) is 0 Å². The molecule has 0 spiro atoms. The Kier molecular flexibility index (Phi) is 6.52. The highest BCUT2D eigenvalue weighted by Gasteiger charge is 2.15. The molecule has 0 saturated carbocycles. The van der Waals surface area contributed by atoms with Crippen LogP contribution in [0.25, 0.3) is 21.7 Å². The van der Waals surface area contributed by atoms with Crippen molar-refractivity contribution in [2.24, 2.45) is 0 Å². The number of benzene rings is 3. The van der Waals surface area contributed by atoms with Gasteiger partial charge >= 0.3 is 5.97 Å². The van der Waals surface area contributed by atoms with E-state index in [1.807, 2.05) is 31.2 Å². The molecule has 0 fully saturated rings. The monoisotopic (exact) mass is 445 g/mol. The first-order valence-corrected chi connectivity index (χ1v) is 11.0. The van der Waals surface area contributed by atoms with Crippen molar-refractivity contribution >= 4 is 17.3 Å². The van der Waals surface area contributed by atoms with Gasteiger partial charge < -0.3 is 14.6 Å². The Labute approximate surface area is 190 Å². The lowest BCUT2D eigenvalue weighted by molar-refractivity contribution is -0.139. The fourth-order valence-electron chi connectivity index (χ4n) is 3.28. The normalized spacial score (nSPS) is 10.7. The van der Waals surface area contributed by atoms with Gasteiger partial charge in [0.05, 0.1) is 10.6 Å². The number of carboxylic acids is 1. The summed E-state index contributed by atoms with van der Waals surface area (Å²) in [5.74, 6) is 0.202. The minimum Gasteiger partial charge on any atom is -0.486 e. The summed E-state index contributed by atoms with van der Waals surface area (Å²) in [4.78, 5) is 16.7. The Morgan fingerprint density at radius 2 is 1.69 bits per heavy atom. The van der Waals surface area contributed by atoms with Gasteiger partial charge in [-0.2, -0.15) is 0 Å². The van der Waals surface area contributed by atoms with Crippen LogP contribution >= 0.6 is 11.3 Å². The van der Waals surface area contributed by atoms with E-state index in [4.69, 9.17) is 19.6 Å². The average molecular weight is 446 g/mol. The second-order valence-electron chi connectivity index (χ2n) is 7.42. The molecule has 0 aliphatic heterocycles. The smallest absolute Gasteiger partial charge is 0.341 e. The molecule has 5 nitrogen and oxygen atoms in total. The average Bonchev–Trinajstić information content (AvgIpc) is 3.22. The minimum atomic E-state index is -1.01. The second-order valence-corrected chi connectivity index (χ2v) is 8.50. The fourth-order valence-corrected chi connectivity index (χ4v) is 4.28. The van der Waals surface area contributed by atoms with Gasteiger partial charge in [0.1, 0.15) is 23.1 Å². The third-order valence-corrected chi connectivity index (χ3v) is 5.97. The minimum absolute atomic E-state index is 0.338. The first-order valence-electron chi connectivity index (χ1n) is 10.2. The Morgan fingerprint density at radius 1 is 0.938 bits per heavy atom. The Morgan fingerprint density at radius 3 is 2.38 bits per heavy atom. The molecular weight excluding hydrogens is 422 g/mol. The molecule has 0 radical (unpaired) electrons. The van der Waals surface area contributed by atoms with Crippen molar-refractivity contribution in [2.45, 2.75) is 20.5 Å². The van der Waals surface area contributed by atoms with Crippen LogP contribution in [-0.2, 0) is 11.4 Å². The van der Waals surface area contributed by atoms with E-state index in [-0.39, 0.29) is 6.61 Å². The van der Waals surface area contributed by atoms with Crippen LogP contribution < -0.4 is 9.47 Å². The summed E-state index contributed by atoms with van der Waals surface area (Å²) in [6, 6.07) is 24.0. The number of carboxylic acid groups (broad SMARTS) is 1. The number of rotatable bonds is 8. The van der Waals surface area contributed by atoms with E-state index >= 15 is 0 Å². The topological polar surface area (TPSA) is 68.7 Å². The zero-order chi connectivity index (χ0) is 22.5. The molecule has 0 aliphatic carbocycles. The van der Waals surface area contributed by atoms with Crippen molar-refractivity contribution in [3.63, 3.8) is 0 Å². The van der Waals surface area contributed by atoms with Gasteiger partial charge in [0, 0.05) is 5.56 Å². The van der Waals surface area contributed by atoms with Crippen LogP contribution in [0.2, 0.25) is 0 Å². The second kappa shape index (κ2) is 9.66. The van der Waals surface area contributed by atoms with Crippen LogP contribution in [-0.4, -0.2) is 22.7 Å². The third-order valence-electron chi connectivity index (χ3n) is 4.89. The Bertz CT molecular complexity index is 1220. The van der Waals surface area contributed by atoms with Gasteiger partial charge in [-0.25, -0.2) is 9.78 Å². The summed E-state index contributed by atoms with van der Waals surface area (Å²) >= 11 is 1.63. The molecular formula is C26H23NO4S. The van der Waals surface area contributed by atoms with Gasteiger partial charge in [-0.15, -0.1) is 11.3 Å². The highest BCUT2D eigenvalue weighted by Crippen LogP contribution is 2.37. The zero-order valence-corrected chi connectivity index (χ0v) is 18.7. The Balaban J connectivity index is 1.56. The summed E-state index contributed by atoms with van der Waals surface area (Å²) in [6.45, 7) is 3.90. The van der Waals surface area contributed by atoms with Crippen molar-refractivity contribution in [1.82, 2.24) is 4.98 Å². The predicted octanol–water partition coefficient (Wildman–Crippen LogP) is 6.14. The van der Waals surface area contributed by atoms with Crippen LogP contribution in [0.1, 0.15) is 16.1 Å². The van der Waals surface area contributed by atoms with Gasteiger partial charge in [-0.1, -0.05) is 60.2 Å². The van der Waals surface area contributed by atoms with Crippen LogP contribution in [0.5, 0.6) is 11.5 Å². The highest BCUT2D eigenvalue weighted by atomic mass is 32.1. The molecule has 4 rings (SSSR count). The van der Waals surface area contributed by atoms with Crippen molar-refractivity contribution in [3.8, 4) is 33.2 Å². The number of ether oxygens (including phenoxy) is 2. The molecule has 4 aromatic rings. The van der Waals surface area contributed by atoms with Gasteiger partial charge in [-0.05, 0) is 43.2 Å². The van der Waals surface area contributed by atoms with E-state index in [1.54, 1.807) is 23.5 Å². The third kappa shape index (κ3) is 5.15. The molecule has 6 heteroatoms. The maximum atomic E-state index is 10.7. The number of aliphatic carboxylic acids is 1. The number of carbonyl (C=O) groups is 1.